The first kappa shape index (κ1) is 19.5. The molecule has 0 spiro atoms. The summed E-state index contributed by atoms with van der Waals surface area (Å²) in [4.78, 5) is 34.4. The average molecular weight is 336 g/mol. The van der Waals surface area contributed by atoms with E-state index in [2.05, 4.69) is 5.32 Å². The number of rotatable bonds is 7. The summed E-state index contributed by atoms with van der Waals surface area (Å²) in [5.74, 6) is -1.10. The second-order valence-corrected chi connectivity index (χ2v) is 5.97. The Morgan fingerprint density at radius 1 is 1.00 bits per heavy atom. The molecule has 0 heterocycles. The van der Waals surface area contributed by atoms with Gasteiger partial charge in [-0.05, 0) is 24.1 Å². The molecule has 0 aliphatic carbocycles. The zero-order chi connectivity index (χ0) is 18.3. The first-order valence-corrected chi connectivity index (χ1v) is 7.80. The molecule has 0 aliphatic heterocycles. The highest BCUT2D eigenvalue weighted by Gasteiger charge is 2.18. The zero-order valence-corrected chi connectivity index (χ0v) is 14.4. The van der Waals surface area contributed by atoms with Gasteiger partial charge in [-0.15, -0.1) is 0 Å². The quantitative estimate of drug-likeness (QED) is 0.585. The molecule has 7 heteroatoms. The van der Waals surface area contributed by atoms with Gasteiger partial charge in [0.1, 0.15) is 0 Å². The van der Waals surface area contributed by atoms with Gasteiger partial charge in [0.25, 0.3) is 0 Å². The second-order valence-electron chi connectivity index (χ2n) is 5.97. The summed E-state index contributed by atoms with van der Waals surface area (Å²) in [6.45, 7) is 7.20. The smallest absolute Gasteiger partial charge is 0.313 e. The van der Waals surface area contributed by atoms with E-state index in [1.165, 1.54) is 0 Å². The van der Waals surface area contributed by atoms with E-state index in [-0.39, 0.29) is 23.3 Å². The number of benzene rings is 1. The van der Waals surface area contributed by atoms with Gasteiger partial charge in [-0.2, -0.15) is 0 Å². The van der Waals surface area contributed by atoms with E-state index in [0.29, 0.717) is 13.0 Å². The van der Waals surface area contributed by atoms with Crippen LogP contribution < -0.4 is 20.5 Å². The number of nitrogens with one attached hydrogen (secondary N) is 1. The second kappa shape index (κ2) is 8.90. The molecule has 0 fully saturated rings. The number of esters is 2. The normalized spacial score (nSPS) is 10.6. The summed E-state index contributed by atoms with van der Waals surface area (Å²) in [5, 5.41) is 2.48. The van der Waals surface area contributed by atoms with Gasteiger partial charge < -0.3 is 20.5 Å². The fourth-order valence-corrected chi connectivity index (χ4v) is 1.65. The van der Waals surface area contributed by atoms with Crippen molar-refractivity contribution >= 4 is 18.0 Å². The summed E-state index contributed by atoms with van der Waals surface area (Å²) in [7, 11) is 0. The largest absolute Gasteiger partial charge is 0.422 e. The van der Waals surface area contributed by atoms with Crippen molar-refractivity contribution in [2.75, 3.05) is 6.54 Å². The van der Waals surface area contributed by atoms with Crippen molar-refractivity contribution in [3.05, 3.63) is 23.8 Å². The maximum atomic E-state index is 11.9. The number of hydrogen-bond donors (Lipinski definition) is 2. The van der Waals surface area contributed by atoms with Crippen LogP contribution in [0.3, 0.4) is 0 Å². The molecule has 0 radical (unpaired) electrons. The lowest BCUT2D eigenvalue weighted by Gasteiger charge is -2.14. The number of hydrogen-bond acceptors (Lipinski definition) is 5. The van der Waals surface area contributed by atoms with Crippen molar-refractivity contribution in [3.63, 3.8) is 0 Å². The van der Waals surface area contributed by atoms with Gasteiger partial charge in [-0.3, -0.25) is 9.59 Å². The Bertz CT molecular complexity index is 611. The van der Waals surface area contributed by atoms with Crippen LogP contribution in [0.25, 0.3) is 0 Å². The molecule has 1 aromatic carbocycles. The number of urea groups is 1. The maximum absolute atomic E-state index is 11.9. The van der Waals surface area contributed by atoms with E-state index in [1.54, 1.807) is 45.9 Å². The Morgan fingerprint density at radius 2 is 1.54 bits per heavy atom. The summed E-state index contributed by atoms with van der Waals surface area (Å²) >= 11 is 0. The van der Waals surface area contributed by atoms with Crippen LogP contribution in [0.2, 0.25) is 0 Å². The summed E-state index contributed by atoms with van der Waals surface area (Å²) in [6.07, 6.45) is 0.494. The van der Waals surface area contributed by atoms with Crippen molar-refractivity contribution in [1.82, 2.24) is 5.32 Å². The molecule has 0 aromatic heterocycles. The molecule has 0 saturated heterocycles. The van der Waals surface area contributed by atoms with E-state index < -0.39 is 18.0 Å². The van der Waals surface area contributed by atoms with Crippen molar-refractivity contribution in [3.8, 4) is 11.5 Å². The minimum Gasteiger partial charge on any atom is -0.422 e. The Labute approximate surface area is 141 Å². The third-order valence-electron chi connectivity index (χ3n) is 3.08. The third-order valence-corrected chi connectivity index (χ3v) is 3.08. The van der Waals surface area contributed by atoms with Crippen LogP contribution in [0.1, 0.15) is 33.3 Å². The van der Waals surface area contributed by atoms with Crippen molar-refractivity contribution in [1.29, 1.82) is 0 Å². The van der Waals surface area contributed by atoms with E-state index in [4.69, 9.17) is 15.2 Å². The molecule has 0 unspecified atom stereocenters. The van der Waals surface area contributed by atoms with Crippen LogP contribution in [0.4, 0.5) is 4.79 Å². The molecular weight excluding hydrogens is 312 g/mol. The molecule has 0 aliphatic rings. The molecule has 1 rings (SSSR count). The first-order valence-electron chi connectivity index (χ1n) is 7.80. The third kappa shape index (κ3) is 6.28. The van der Waals surface area contributed by atoms with Crippen LogP contribution in [0.15, 0.2) is 18.2 Å². The Hall–Kier alpha value is -2.57. The van der Waals surface area contributed by atoms with E-state index in [0.717, 1.165) is 5.56 Å². The molecule has 1 aromatic rings. The minimum atomic E-state index is -0.607. The number of carbonyl (C=O) groups is 3. The molecule has 0 saturated carbocycles. The van der Waals surface area contributed by atoms with Gasteiger partial charge in [0, 0.05) is 6.54 Å². The van der Waals surface area contributed by atoms with Crippen LogP contribution >= 0.6 is 0 Å². The van der Waals surface area contributed by atoms with Crippen molar-refractivity contribution in [2.24, 2.45) is 17.6 Å². The van der Waals surface area contributed by atoms with E-state index in [1.807, 2.05) is 0 Å². The standard InChI is InChI=1S/C17H24N2O5/c1-10(2)15(20)23-13-6-5-12(7-8-19-17(18)22)9-14(13)24-16(21)11(3)4/h5-6,9-11H,7-8H2,1-4H3,(H3,18,19,22). The van der Waals surface area contributed by atoms with Gasteiger partial charge in [0.2, 0.25) is 0 Å². The minimum absolute atomic E-state index is 0.180. The van der Waals surface area contributed by atoms with E-state index >= 15 is 0 Å². The summed E-state index contributed by atoms with van der Waals surface area (Å²) < 4.78 is 10.6. The van der Waals surface area contributed by atoms with Gasteiger partial charge in [0.05, 0.1) is 11.8 Å². The lowest BCUT2D eigenvalue weighted by atomic mass is 10.1. The zero-order valence-electron chi connectivity index (χ0n) is 14.4. The fraction of sp³-hybridized carbons (Fsp3) is 0.471. The topological polar surface area (TPSA) is 108 Å². The Balaban J connectivity index is 2.98. The molecule has 7 nitrogen and oxygen atoms in total. The highest BCUT2D eigenvalue weighted by Crippen LogP contribution is 2.30. The van der Waals surface area contributed by atoms with Gasteiger partial charge >= 0.3 is 18.0 Å². The SMILES string of the molecule is CC(C)C(=O)Oc1ccc(CCNC(N)=O)cc1OC(=O)C(C)C. The fourth-order valence-electron chi connectivity index (χ4n) is 1.65. The lowest BCUT2D eigenvalue weighted by Crippen LogP contribution is -2.30. The van der Waals surface area contributed by atoms with Crippen molar-refractivity contribution < 1.29 is 23.9 Å². The van der Waals surface area contributed by atoms with Crippen LogP contribution in [0, 0.1) is 11.8 Å². The maximum Gasteiger partial charge on any atom is 0.313 e. The van der Waals surface area contributed by atoms with Crippen LogP contribution in [-0.2, 0) is 16.0 Å². The van der Waals surface area contributed by atoms with Gasteiger partial charge in [-0.1, -0.05) is 33.8 Å². The van der Waals surface area contributed by atoms with Crippen LogP contribution in [0.5, 0.6) is 11.5 Å². The number of nitrogens with two attached hydrogens (primary N) is 1. The van der Waals surface area contributed by atoms with Gasteiger partial charge in [0.15, 0.2) is 11.5 Å². The highest BCUT2D eigenvalue weighted by molar-refractivity contribution is 5.78. The Morgan fingerprint density at radius 3 is 2.04 bits per heavy atom. The first-order chi connectivity index (χ1) is 11.2. The lowest BCUT2D eigenvalue weighted by molar-refractivity contribution is -0.140. The molecule has 3 N–H and O–H groups in total. The molecule has 0 atom stereocenters. The monoisotopic (exact) mass is 336 g/mol. The molecule has 2 amide bonds. The molecular formula is C17H24N2O5. The number of carbonyl (C=O) groups excluding carboxylic acids is 3. The van der Waals surface area contributed by atoms with Gasteiger partial charge in [-0.25, -0.2) is 4.79 Å². The highest BCUT2D eigenvalue weighted by atomic mass is 16.6. The predicted octanol–water partition coefficient (Wildman–Crippen LogP) is 2.02. The summed E-state index contributed by atoms with van der Waals surface area (Å²) in [5.41, 5.74) is 5.82. The van der Waals surface area contributed by atoms with Crippen LogP contribution in [-0.4, -0.2) is 24.5 Å². The average Bonchev–Trinajstić information content (AvgIpc) is 2.48. The van der Waals surface area contributed by atoms with Crippen molar-refractivity contribution in [2.45, 2.75) is 34.1 Å². The number of ether oxygens (including phenoxy) is 2. The number of primary amides is 1. The molecule has 132 valence electrons. The summed E-state index contributed by atoms with van der Waals surface area (Å²) in [6, 6.07) is 4.32. The molecule has 24 heavy (non-hydrogen) atoms. The van der Waals surface area contributed by atoms with E-state index in [9.17, 15) is 14.4 Å². The molecule has 0 bridgehead atoms. The number of amides is 2. The predicted molar refractivity (Wildman–Crippen MR) is 88.7 cm³/mol. The Kier molecular flexibility index (Phi) is 7.23.